The number of nitrogens with zero attached hydrogens (tertiary/aromatic N) is 3. The Morgan fingerprint density at radius 1 is 1.50 bits per heavy atom. The summed E-state index contributed by atoms with van der Waals surface area (Å²) >= 11 is 1.41. The van der Waals surface area contributed by atoms with Crippen molar-refractivity contribution in [2.75, 3.05) is 6.54 Å². The number of thiazole rings is 1. The first kappa shape index (κ1) is 14.5. The number of hydrogen-bond acceptors (Lipinski definition) is 4. The normalized spacial score (nSPS) is 17.7. The van der Waals surface area contributed by atoms with Crippen LogP contribution in [0.2, 0.25) is 0 Å². The van der Waals surface area contributed by atoms with Gasteiger partial charge in [0.15, 0.2) is 0 Å². The zero-order valence-corrected chi connectivity index (χ0v) is 13.0. The predicted octanol–water partition coefficient (Wildman–Crippen LogP) is 3.20. The summed E-state index contributed by atoms with van der Waals surface area (Å²) in [5.74, 6) is -0.222. The summed E-state index contributed by atoms with van der Waals surface area (Å²) < 4.78 is 0. The maximum Gasteiger partial charge on any atom is 0.265 e. The molecule has 5 heteroatoms. The van der Waals surface area contributed by atoms with Gasteiger partial charge in [0.1, 0.15) is 16.6 Å². The second kappa shape index (κ2) is 6.12. The summed E-state index contributed by atoms with van der Waals surface area (Å²) in [6, 6.07) is 10.2. The maximum absolute atomic E-state index is 12.7. The zero-order chi connectivity index (χ0) is 15.5. The second-order valence-corrected chi connectivity index (χ2v) is 6.09. The van der Waals surface area contributed by atoms with Gasteiger partial charge >= 0.3 is 0 Å². The highest BCUT2D eigenvalue weighted by molar-refractivity contribution is 7.10. The molecule has 0 N–H and O–H groups in total. The van der Waals surface area contributed by atoms with E-state index in [1.807, 2.05) is 30.5 Å². The molecule has 0 spiro atoms. The Kier molecular flexibility index (Phi) is 4.03. The third-order valence-electron chi connectivity index (χ3n) is 3.93. The minimum Gasteiger partial charge on any atom is -0.331 e. The Balaban J connectivity index is 1.88. The molecule has 1 amide bonds. The van der Waals surface area contributed by atoms with Gasteiger partial charge in [-0.2, -0.15) is 5.26 Å². The van der Waals surface area contributed by atoms with E-state index in [9.17, 15) is 10.1 Å². The molecule has 1 unspecified atom stereocenters. The molecule has 0 saturated heterocycles. The standard InChI is InChI=1S/C17H15N3OS/c1-12-15-5-3-2-4-13(15)6-8-20(12)17(21)14(11-18)10-16-19-7-9-22-16/h2-5,7,9-10,12H,6,8H2,1H3/b14-10+. The number of amides is 1. The maximum atomic E-state index is 12.7. The molecule has 2 heterocycles. The summed E-state index contributed by atoms with van der Waals surface area (Å²) in [7, 11) is 0. The monoisotopic (exact) mass is 309 g/mol. The SMILES string of the molecule is CC1c2ccccc2CCN1C(=O)/C(C#N)=C/c1nccs1. The average molecular weight is 309 g/mol. The van der Waals surface area contributed by atoms with E-state index in [0.29, 0.717) is 11.6 Å². The fraction of sp³-hybridized carbons (Fsp3) is 0.235. The van der Waals surface area contributed by atoms with Crippen molar-refractivity contribution in [1.29, 1.82) is 5.26 Å². The topological polar surface area (TPSA) is 57.0 Å². The van der Waals surface area contributed by atoms with Crippen LogP contribution in [0.25, 0.3) is 6.08 Å². The molecule has 22 heavy (non-hydrogen) atoms. The van der Waals surface area contributed by atoms with Crippen LogP contribution in [0.1, 0.15) is 29.1 Å². The van der Waals surface area contributed by atoms with E-state index in [4.69, 9.17) is 0 Å². The fourth-order valence-electron chi connectivity index (χ4n) is 2.78. The Morgan fingerprint density at radius 3 is 3.05 bits per heavy atom. The molecular weight excluding hydrogens is 294 g/mol. The lowest BCUT2D eigenvalue weighted by Gasteiger charge is -2.35. The van der Waals surface area contributed by atoms with E-state index < -0.39 is 0 Å². The summed E-state index contributed by atoms with van der Waals surface area (Å²) in [5, 5.41) is 11.8. The lowest BCUT2D eigenvalue weighted by molar-refractivity contribution is -0.129. The molecule has 0 saturated carbocycles. The molecular formula is C17H15N3OS. The third kappa shape index (κ3) is 2.66. The molecule has 1 aliphatic heterocycles. The molecule has 1 aromatic carbocycles. The molecule has 1 atom stereocenters. The average Bonchev–Trinajstić information content (AvgIpc) is 3.06. The van der Waals surface area contributed by atoms with Crippen molar-refractivity contribution >= 4 is 23.3 Å². The number of carbonyl (C=O) groups excluding carboxylic acids is 1. The lowest BCUT2D eigenvalue weighted by Crippen LogP contribution is -2.39. The quantitative estimate of drug-likeness (QED) is 0.632. The Labute approximate surface area is 133 Å². The van der Waals surface area contributed by atoms with Gasteiger partial charge in [-0.3, -0.25) is 4.79 Å². The van der Waals surface area contributed by atoms with Gasteiger partial charge < -0.3 is 4.90 Å². The number of carbonyl (C=O) groups is 1. The van der Waals surface area contributed by atoms with E-state index >= 15 is 0 Å². The van der Waals surface area contributed by atoms with E-state index in [2.05, 4.69) is 17.1 Å². The first-order valence-corrected chi connectivity index (χ1v) is 7.98. The number of nitriles is 1. The van der Waals surface area contributed by atoms with Gasteiger partial charge in [-0.1, -0.05) is 24.3 Å². The Morgan fingerprint density at radius 2 is 2.32 bits per heavy atom. The second-order valence-electron chi connectivity index (χ2n) is 5.16. The van der Waals surface area contributed by atoms with Crippen LogP contribution in [-0.2, 0) is 11.2 Å². The van der Waals surface area contributed by atoms with Crippen LogP contribution in [-0.4, -0.2) is 22.3 Å². The molecule has 1 aliphatic rings. The van der Waals surface area contributed by atoms with Crippen LogP contribution in [0.4, 0.5) is 0 Å². The van der Waals surface area contributed by atoms with Gasteiger partial charge in [-0.25, -0.2) is 4.98 Å². The molecule has 0 aliphatic carbocycles. The highest BCUT2D eigenvalue weighted by Gasteiger charge is 2.29. The van der Waals surface area contributed by atoms with Crippen molar-refractivity contribution < 1.29 is 4.79 Å². The Bertz CT molecular complexity index is 758. The first-order valence-electron chi connectivity index (χ1n) is 7.11. The summed E-state index contributed by atoms with van der Waals surface area (Å²) in [6.45, 7) is 2.64. The predicted molar refractivity (Wildman–Crippen MR) is 86.0 cm³/mol. The lowest BCUT2D eigenvalue weighted by atomic mass is 9.93. The van der Waals surface area contributed by atoms with Crippen molar-refractivity contribution in [2.45, 2.75) is 19.4 Å². The van der Waals surface area contributed by atoms with E-state index in [-0.39, 0.29) is 17.5 Å². The van der Waals surface area contributed by atoms with E-state index in [1.54, 1.807) is 17.2 Å². The summed E-state index contributed by atoms with van der Waals surface area (Å²) in [4.78, 5) is 18.6. The molecule has 2 aromatic rings. The molecule has 110 valence electrons. The number of hydrogen-bond donors (Lipinski definition) is 0. The van der Waals surface area contributed by atoms with Crippen LogP contribution >= 0.6 is 11.3 Å². The number of benzene rings is 1. The smallest absolute Gasteiger partial charge is 0.265 e. The van der Waals surface area contributed by atoms with Crippen molar-refractivity contribution in [2.24, 2.45) is 0 Å². The molecule has 1 aromatic heterocycles. The minimum atomic E-state index is -0.222. The van der Waals surface area contributed by atoms with Crippen LogP contribution < -0.4 is 0 Å². The van der Waals surface area contributed by atoms with Gasteiger partial charge in [0, 0.05) is 18.1 Å². The van der Waals surface area contributed by atoms with Crippen LogP contribution in [0.5, 0.6) is 0 Å². The molecule has 0 radical (unpaired) electrons. The van der Waals surface area contributed by atoms with Crippen LogP contribution in [0.15, 0.2) is 41.4 Å². The molecule has 4 nitrogen and oxygen atoms in total. The zero-order valence-electron chi connectivity index (χ0n) is 12.2. The molecule has 0 fully saturated rings. The minimum absolute atomic E-state index is 0.0227. The Hall–Kier alpha value is -2.45. The van der Waals surface area contributed by atoms with Gasteiger partial charge in [0.25, 0.3) is 5.91 Å². The number of rotatable bonds is 2. The van der Waals surface area contributed by atoms with Crippen molar-refractivity contribution in [3.05, 3.63) is 57.6 Å². The van der Waals surface area contributed by atoms with E-state index in [1.165, 1.54) is 16.9 Å². The first-order chi connectivity index (χ1) is 10.7. The van der Waals surface area contributed by atoms with Crippen LogP contribution in [0.3, 0.4) is 0 Å². The fourth-order valence-corrected chi connectivity index (χ4v) is 3.34. The molecule has 3 rings (SSSR count). The number of fused-ring (bicyclic) bond motifs is 1. The van der Waals surface area contributed by atoms with E-state index in [0.717, 1.165) is 12.0 Å². The van der Waals surface area contributed by atoms with Crippen molar-refractivity contribution in [1.82, 2.24) is 9.88 Å². The largest absolute Gasteiger partial charge is 0.331 e. The van der Waals surface area contributed by atoms with Gasteiger partial charge in [-0.05, 0) is 30.5 Å². The van der Waals surface area contributed by atoms with Gasteiger partial charge in [-0.15, -0.1) is 11.3 Å². The summed E-state index contributed by atoms with van der Waals surface area (Å²) in [6.07, 6.45) is 4.05. The van der Waals surface area contributed by atoms with Gasteiger partial charge in [0.05, 0.1) is 6.04 Å². The summed E-state index contributed by atoms with van der Waals surface area (Å²) in [5.41, 5.74) is 2.58. The highest BCUT2D eigenvalue weighted by atomic mass is 32.1. The third-order valence-corrected chi connectivity index (χ3v) is 4.65. The van der Waals surface area contributed by atoms with Crippen molar-refractivity contribution in [3.63, 3.8) is 0 Å². The van der Waals surface area contributed by atoms with Crippen LogP contribution in [0, 0.1) is 11.3 Å². The van der Waals surface area contributed by atoms with Crippen molar-refractivity contribution in [3.8, 4) is 6.07 Å². The number of aromatic nitrogens is 1. The highest BCUT2D eigenvalue weighted by Crippen LogP contribution is 2.30. The van der Waals surface area contributed by atoms with Gasteiger partial charge in [0.2, 0.25) is 0 Å². The molecule has 0 bridgehead atoms.